The third-order valence-electron chi connectivity index (χ3n) is 3.56. The molecule has 2 aromatic rings. The molecule has 0 bridgehead atoms. The number of ketones is 1. The summed E-state index contributed by atoms with van der Waals surface area (Å²) in [5.41, 5.74) is 1.93. The zero-order chi connectivity index (χ0) is 18.8. The van der Waals surface area contributed by atoms with Gasteiger partial charge < -0.3 is 14.6 Å². The Bertz CT molecular complexity index is 745. The minimum atomic E-state index is -0.394. The molecule has 0 radical (unpaired) electrons. The lowest BCUT2D eigenvalue weighted by atomic mass is 10.0. The predicted molar refractivity (Wildman–Crippen MR) is 99.2 cm³/mol. The standard InChI is InChI=1S/C21H22O5/c1-2-25-20(23)13-6-16-4-7-17(8-5-16)21(24)18-9-11-19(12-10-18)26-15-3-14-22/h4-13,22H,2-3,14-15H2,1H3. The van der Waals surface area contributed by atoms with Gasteiger partial charge in [-0.1, -0.05) is 24.3 Å². The molecule has 0 saturated heterocycles. The molecule has 2 rings (SSSR count). The van der Waals surface area contributed by atoms with Gasteiger partial charge in [-0.25, -0.2) is 4.79 Å². The monoisotopic (exact) mass is 354 g/mol. The van der Waals surface area contributed by atoms with E-state index in [1.807, 2.05) is 0 Å². The second-order valence-electron chi connectivity index (χ2n) is 5.49. The highest BCUT2D eigenvalue weighted by Crippen LogP contribution is 2.16. The van der Waals surface area contributed by atoms with E-state index in [4.69, 9.17) is 14.6 Å². The second-order valence-corrected chi connectivity index (χ2v) is 5.49. The average Bonchev–Trinajstić information content (AvgIpc) is 2.67. The molecule has 5 nitrogen and oxygen atoms in total. The molecular weight excluding hydrogens is 332 g/mol. The molecule has 26 heavy (non-hydrogen) atoms. The summed E-state index contributed by atoms with van der Waals surface area (Å²) in [4.78, 5) is 23.8. The highest BCUT2D eigenvalue weighted by Gasteiger charge is 2.09. The van der Waals surface area contributed by atoms with Crippen molar-refractivity contribution < 1.29 is 24.2 Å². The summed E-state index contributed by atoms with van der Waals surface area (Å²) in [7, 11) is 0. The van der Waals surface area contributed by atoms with E-state index in [1.165, 1.54) is 6.08 Å². The number of aliphatic hydroxyl groups is 1. The van der Waals surface area contributed by atoms with Crippen molar-refractivity contribution in [2.24, 2.45) is 0 Å². The van der Waals surface area contributed by atoms with Gasteiger partial charge in [0.05, 0.1) is 13.2 Å². The van der Waals surface area contributed by atoms with Gasteiger partial charge in [0, 0.05) is 30.2 Å². The van der Waals surface area contributed by atoms with E-state index in [0.717, 1.165) is 5.56 Å². The van der Waals surface area contributed by atoms with E-state index < -0.39 is 5.97 Å². The molecule has 5 heteroatoms. The minimum Gasteiger partial charge on any atom is -0.494 e. The first-order valence-electron chi connectivity index (χ1n) is 8.47. The summed E-state index contributed by atoms with van der Waals surface area (Å²) in [6.07, 6.45) is 3.57. The molecule has 0 saturated carbocycles. The quantitative estimate of drug-likeness (QED) is 0.324. The maximum atomic E-state index is 12.5. The SMILES string of the molecule is CCOC(=O)C=Cc1ccc(C(=O)c2ccc(OCCCO)cc2)cc1. The van der Waals surface area contributed by atoms with Crippen molar-refractivity contribution in [2.45, 2.75) is 13.3 Å². The largest absolute Gasteiger partial charge is 0.494 e. The Kier molecular flexibility index (Phi) is 7.58. The molecule has 0 amide bonds. The summed E-state index contributed by atoms with van der Waals surface area (Å²) in [5.74, 6) is 0.177. The Morgan fingerprint density at radius 1 is 1.00 bits per heavy atom. The molecule has 0 heterocycles. The predicted octanol–water partition coefficient (Wildman–Crippen LogP) is 3.26. The van der Waals surface area contributed by atoms with Gasteiger partial charge in [-0.15, -0.1) is 0 Å². The molecule has 136 valence electrons. The van der Waals surface area contributed by atoms with Crippen LogP contribution in [-0.4, -0.2) is 36.7 Å². The Morgan fingerprint density at radius 2 is 1.62 bits per heavy atom. The van der Waals surface area contributed by atoms with E-state index in [0.29, 0.717) is 36.5 Å². The summed E-state index contributed by atoms with van der Waals surface area (Å²) in [5, 5.41) is 8.74. The molecule has 0 atom stereocenters. The fraction of sp³-hybridized carbons (Fsp3) is 0.238. The first kappa shape index (κ1) is 19.4. The van der Waals surface area contributed by atoms with Crippen molar-refractivity contribution in [2.75, 3.05) is 19.8 Å². The van der Waals surface area contributed by atoms with E-state index >= 15 is 0 Å². The highest BCUT2D eigenvalue weighted by atomic mass is 16.5. The number of esters is 1. The third-order valence-corrected chi connectivity index (χ3v) is 3.56. The number of hydrogen-bond donors (Lipinski definition) is 1. The topological polar surface area (TPSA) is 72.8 Å². The maximum Gasteiger partial charge on any atom is 0.330 e. The van der Waals surface area contributed by atoms with Crippen LogP contribution in [0.5, 0.6) is 5.75 Å². The van der Waals surface area contributed by atoms with Gasteiger partial charge in [0.25, 0.3) is 0 Å². The van der Waals surface area contributed by atoms with Gasteiger partial charge in [-0.05, 0) is 42.8 Å². The van der Waals surface area contributed by atoms with Crippen LogP contribution in [0.15, 0.2) is 54.6 Å². The first-order valence-corrected chi connectivity index (χ1v) is 8.47. The van der Waals surface area contributed by atoms with Gasteiger partial charge in [-0.3, -0.25) is 4.79 Å². The van der Waals surface area contributed by atoms with Crippen LogP contribution >= 0.6 is 0 Å². The average molecular weight is 354 g/mol. The van der Waals surface area contributed by atoms with Gasteiger partial charge in [0.2, 0.25) is 0 Å². The second kappa shape index (κ2) is 10.2. The maximum absolute atomic E-state index is 12.5. The van der Waals surface area contributed by atoms with Crippen LogP contribution < -0.4 is 4.74 Å². The van der Waals surface area contributed by atoms with E-state index in [2.05, 4.69) is 0 Å². The number of hydrogen-bond acceptors (Lipinski definition) is 5. The van der Waals surface area contributed by atoms with E-state index in [-0.39, 0.29) is 12.4 Å². The summed E-state index contributed by atoms with van der Waals surface area (Å²) in [6.45, 7) is 2.61. The number of rotatable bonds is 9. The Balaban J connectivity index is 1.99. The molecule has 0 aliphatic carbocycles. The summed E-state index contributed by atoms with van der Waals surface area (Å²) in [6, 6.07) is 13.9. The molecular formula is C21H22O5. The fourth-order valence-corrected chi connectivity index (χ4v) is 2.22. The highest BCUT2D eigenvalue weighted by molar-refractivity contribution is 6.09. The molecule has 0 spiro atoms. The number of carbonyl (C=O) groups is 2. The van der Waals surface area contributed by atoms with Crippen molar-refractivity contribution in [3.63, 3.8) is 0 Å². The molecule has 1 N–H and O–H groups in total. The third kappa shape index (κ3) is 5.86. The molecule has 0 aliphatic heterocycles. The Labute approximate surface area is 152 Å². The molecule has 2 aromatic carbocycles. The smallest absolute Gasteiger partial charge is 0.330 e. The van der Waals surface area contributed by atoms with Crippen LogP contribution in [0.1, 0.15) is 34.8 Å². The van der Waals surface area contributed by atoms with Crippen molar-refractivity contribution in [3.05, 3.63) is 71.3 Å². The Morgan fingerprint density at radius 3 is 2.19 bits per heavy atom. The number of benzene rings is 2. The lowest BCUT2D eigenvalue weighted by molar-refractivity contribution is -0.137. The van der Waals surface area contributed by atoms with Crippen molar-refractivity contribution in [1.29, 1.82) is 0 Å². The number of carbonyl (C=O) groups excluding carboxylic acids is 2. The molecule has 0 unspecified atom stereocenters. The van der Waals surface area contributed by atoms with Crippen molar-refractivity contribution in [3.8, 4) is 5.75 Å². The van der Waals surface area contributed by atoms with Gasteiger partial charge in [0.15, 0.2) is 5.78 Å². The van der Waals surface area contributed by atoms with Crippen molar-refractivity contribution in [1.82, 2.24) is 0 Å². The normalized spacial score (nSPS) is 10.7. The van der Waals surface area contributed by atoms with Crippen LogP contribution in [0, 0.1) is 0 Å². The van der Waals surface area contributed by atoms with Gasteiger partial charge in [-0.2, -0.15) is 0 Å². The fourth-order valence-electron chi connectivity index (χ4n) is 2.22. The summed E-state index contributed by atoms with van der Waals surface area (Å²) < 4.78 is 10.3. The van der Waals surface area contributed by atoms with Crippen LogP contribution in [0.4, 0.5) is 0 Å². The van der Waals surface area contributed by atoms with Crippen LogP contribution in [-0.2, 0) is 9.53 Å². The van der Waals surface area contributed by atoms with Gasteiger partial charge >= 0.3 is 5.97 Å². The van der Waals surface area contributed by atoms with E-state index in [9.17, 15) is 9.59 Å². The Hall–Kier alpha value is -2.92. The van der Waals surface area contributed by atoms with Crippen molar-refractivity contribution >= 4 is 17.8 Å². The van der Waals surface area contributed by atoms with Crippen LogP contribution in [0.2, 0.25) is 0 Å². The molecule has 0 aromatic heterocycles. The van der Waals surface area contributed by atoms with Gasteiger partial charge in [0.1, 0.15) is 5.75 Å². The minimum absolute atomic E-state index is 0.0849. The lowest BCUT2D eigenvalue weighted by Crippen LogP contribution is -2.02. The zero-order valence-corrected chi connectivity index (χ0v) is 14.7. The molecule has 0 fully saturated rings. The molecule has 0 aliphatic rings. The number of aliphatic hydroxyl groups excluding tert-OH is 1. The lowest BCUT2D eigenvalue weighted by Gasteiger charge is -2.06. The summed E-state index contributed by atoms with van der Waals surface area (Å²) >= 11 is 0. The van der Waals surface area contributed by atoms with E-state index in [1.54, 1.807) is 61.5 Å². The number of ether oxygens (including phenoxy) is 2. The van der Waals surface area contributed by atoms with Crippen LogP contribution in [0.3, 0.4) is 0 Å². The van der Waals surface area contributed by atoms with Crippen LogP contribution in [0.25, 0.3) is 6.08 Å². The zero-order valence-electron chi connectivity index (χ0n) is 14.7. The first-order chi connectivity index (χ1) is 12.6.